The molecule has 1 atom stereocenters. The fraction of sp³-hybridized carbons (Fsp3) is 0.500. The zero-order valence-electron chi connectivity index (χ0n) is 13.5. The van der Waals surface area contributed by atoms with E-state index in [0.29, 0.717) is 12.0 Å². The number of carbonyl (C=O) groups excluding carboxylic acids is 1. The van der Waals surface area contributed by atoms with Crippen LogP contribution in [0.3, 0.4) is 0 Å². The van der Waals surface area contributed by atoms with Crippen molar-refractivity contribution in [2.24, 2.45) is 0 Å². The van der Waals surface area contributed by atoms with Gasteiger partial charge in [0.15, 0.2) is 0 Å². The Labute approximate surface area is 136 Å². The summed E-state index contributed by atoms with van der Waals surface area (Å²) in [5.74, 6) is 1.98. The molecule has 1 saturated heterocycles. The van der Waals surface area contributed by atoms with Gasteiger partial charge in [-0.1, -0.05) is 0 Å². The van der Waals surface area contributed by atoms with Crippen molar-refractivity contribution in [3.8, 4) is 0 Å². The molecule has 2 aliphatic rings. The lowest BCUT2D eigenvalue weighted by Crippen LogP contribution is -2.41. The molecule has 1 saturated carbocycles. The van der Waals surface area contributed by atoms with Crippen molar-refractivity contribution in [1.29, 1.82) is 0 Å². The summed E-state index contributed by atoms with van der Waals surface area (Å²) in [6.45, 7) is 3.74. The van der Waals surface area contributed by atoms with Gasteiger partial charge in [0.25, 0.3) is 5.91 Å². The lowest BCUT2D eigenvalue weighted by molar-refractivity contribution is 0.0676. The fourth-order valence-corrected chi connectivity index (χ4v) is 3.61. The smallest absolute Gasteiger partial charge is 0.254 e. The summed E-state index contributed by atoms with van der Waals surface area (Å²) >= 11 is 0. The van der Waals surface area contributed by atoms with Gasteiger partial charge in [-0.05, 0) is 44.7 Å². The Bertz CT molecular complexity index is 705. The number of amides is 1. The molecule has 2 aromatic heterocycles. The van der Waals surface area contributed by atoms with E-state index in [4.69, 9.17) is 0 Å². The quantitative estimate of drug-likeness (QED) is 0.876. The second-order valence-electron chi connectivity index (χ2n) is 6.69. The van der Waals surface area contributed by atoms with Crippen LogP contribution in [-0.4, -0.2) is 38.4 Å². The topological polar surface area (TPSA) is 51.0 Å². The minimum absolute atomic E-state index is 0.114. The molecule has 120 valence electrons. The Morgan fingerprint density at radius 1 is 1.22 bits per heavy atom. The number of aromatic nitrogens is 3. The molecule has 3 heterocycles. The van der Waals surface area contributed by atoms with Gasteiger partial charge in [-0.25, -0.2) is 4.98 Å². The standard InChI is InChI=1S/C18H22N4O/c1-13-11-20-17(14-4-5-14)22(13)16-3-2-10-21(12-16)18(23)15-6-8-19-9-7-15/h6-9,11,14,16H,2-5,10,12H2,1H3. The Kier molecular flexibility index (Phi) is 3.63. The molecule has 0 bridgehead atoms. The van der Waals surface area contributed by atoms with Crippen LogP contribution < -0.4 is 0 Å². The molecule has 0 spiro atoms. The van der Waals surface area contributed by atoms with E-state index < -0.39 is 0 Å². The third-order valence-corrected chi connectivity index (χ3v) is 4.93. The molecule has 5 heteroatoms. The number of carbonyl (C=O) groups is 1. The Balaban J connectivity index is 1.56. The van der Waals surface area contributed by atoms with Gasteiger partial charge in [0, 0.05) is 48.9 Å². The van der Waals surface area contributed by atoms with Gasteiger partial charge in [0.2, 0.25) is 0 Å². The number of hydrogen-bond acceptors (Lipinski definition) is 3. The van der Waals surface area contributed by atoms with E-state index >= 15 is 0 Å². The van der Waals surface area contributed by atoms with Gasteiger partial charge in [-0.2, -0.15) is 0 Å². The van der Waals surface area contributed by atoms with E-state index in [9.17, 15) is 4.79 Å². The van der Waals surface area contributed by atoms with Gasteiger partial charge in [-0.15, -0.1) is 0 Å². The van der Waals surface area contributed by atoms with Crippen LogP contribution in [0.25, 0.3) is 0 Å². The molecule has 1 aliphatic carbocycles. The van der Waals surface area contributed by atoms with E-state index in [1.165, 1.54) is 24.4 Å². The fourth-order valence-electron chi connectivity index (χ4n) is 3.61. The molecule has 0 radical (unpaired) electrons. The van der Waals surface area contributed by atoms with Crippen molar-refractivity contribution in [3.63, 3.8) is 0 Å². The molecule has 1 unspecified atom stereocenters. The maximum atomic E-state index is 12.7. The van der Waals surface area contributed by atoms with Gasteiger partial charge in [0.1, 0.15) is 5.82 Å². The maximum absolute atomic E-state index is 12.7. The van der Waals surface area contributed by atoms with Crippen LogP contribution in [0.4, 0.5) is 0 Å². The van der Waals surface area contributed by atoms with Gasteiger partial charge < -0.3 is 9.47 Å². The van der Waals surface area contributed by atoms with Crippen molar-refractivity contribution >= 4 is 5.91 Å². The summed E-state index contributed by atoms with van der Waals surface area (Å²) < 4.78 is 2.39. The molecule has 1 amide bonds. The Hall–Kier alpha value is -2.17. The number of hydrogen-bond donors (Lipinski definition) is 0. The number of likely N-dealkylation sites (tertiary alicyclic amines) is 1. The molecule has 2 fully saturated rings. The zero-order valence-corrected chi connectivity index (χ0v) is 13.5. The molecule has 1 aliphatic heterocycles. The highest BCUT2D eigenvalue weighted by Crippen LogP contribution is 2.41. The summed E-state index contributed by atoms with van der Waals surface area (Å²) in [5, 5.41) is 0. The van der Waals surface area contributed by atoms with E-state index in [1.54, 1.807) is 24.5 Å². The monoisotopic (exact) mass is 310 g/mol. The number of pyridine rings is 1. The third-order valence-electron chi connectivity index (χ3n) is 4.93. The first-order chi connectivity index (χ1) is 11.2. The van der Waals surface area contributed by atoms with Crippen LogP contribution in [0.1, 0.15) is 59.5 Å². The van der Waals surface area contributed by atoms with Gasteiger partial charge >= 0.3 is 0 Å². The highest BCUT2D eigenvalue weighted by atomic mass is 16.2. The largest absolute Gasteiger partial charge is 0.337 e. The lowest BCUT2D eigenvalue weighted by Gasteiger charge is -2.35. The van der Waals surface area contributed by atoms with Crippen LogP contribution in [0.15, 0.2) is 30.7 Å². The maximum Gasteiger partial charge on any atom is 0.254 e. The van der Waals surface area contributed by atoms with E-state index in [-0.39, 0.29) is 5.91 Å². The first-order valence-electron chi connectivity index (χ1n) is 8.47. The first kappa shape index (κ1) is 14.4. The highest BCUT2D eigenvalue weighted by molar-refractivity contribution is 5.94. The van der Waals surface area contributed by atoms with Gasteiger partial charge in [0.05, 0.1) is 6.04 Å². The second-order valence-corrected chi connectivity index (χ2v) is 6.69. The summed E-state index contributed by atoms with van der Waals surface area (Å²) in [7, 11) is 0. The average Bonchev–Trinajstić information content (AvgIpc) is 3.37. The van der Waals surface area contributed by atoms with E-state index in [0.717, 1.165) is 31.5 Å². The van der Waals surface area contributed by atoms with Gasteiger partial charge in [-0.3, -0.25) is 9.78 Å². The molecule has 0 aromatic carbocycles. The molecular formula is C18H22N4O. The van der Waals surface area contributed by atoms with Crippen LogP contribution in [-0.2, 0) is 0 Å². The molecule has 2 aromatic rings. The third kappa shape index (κ3) is 2.76. The molecule has 5 nitrogen and oxygen atoms in total. The van der Waals surface area contributed by atoms with Crippen LogP contribution in [0.2, 0.25) is 0 Å². The summed E-state index contributed by atoms with van der Waals surface area (Å²) in [6, 6.07) is 3.95. The highest BCUT2D eigenvalue weighted by Gasteiger charge is 2.33. The molecule has 4 rings (SSSR count). The van der Waals surface area contributed by atoms with Crippen LogP contribution >= 0.6 is 0 Å². The number of imidazole rings is 1. The van der Waals surface area contributed by atoms with Crippen LogP contribution in [0.5, 0.6) is 0 Å². The first-order valence-corrected chi connectivity index (χ1v) is 8.47. The predicted molar refractivity (Wildman–Crippen MR) is 87.4 cm³/mol. The summed E-state index contributed by atoms with van der Waals surface area (Å²) in [6.07, 6.45) is 10.0. The zero-order chi connectivity index (χ0) is 15.8. The molecular weight excluding hydrogens is 288 g/mol. The number of nitrogens with zero attached hydrogens (tertiary/aromatic N) is 4. The van der Waals surface area contributed by atoms with Crippen LogP contribution in [0, 0.1) is 6.92 Å². The Morgan fingerprint density at radius 2 is 2.00 bits per heavy atom. The summed E-state index contributed by atoms with van der Waals surface area (Å²) in [4.78, 5) is 23.3. The van der Waals surface area contributed by atoms with E-state index in [1.807, 2.05) is 11.1 Å². The minimum Gasteiger partial charge on any atom is -0.337 e. The van der Waals surface area contributed by atoms with Crippen molar-refractivity contribution in [2.75, 3.05) is 13.1 Å². The van der Waals surface area contributed by atoms with Crippen molar-refractivity contribution < 1.29 is 4.79 Å². The normalized spacial score (nSPS) is 21.4. The Morgan fingerprint density at radius 3 is 2.74 bits per heavy atom. The number of aryl methyl sites for hydroxylation is 1. The summed E-state index contributed by atoms with van der Waals surface area (Å²) in [5.41, 5.74) is 1.94. The van der Waals surface area contributed by atoms with Crippen molar-refractivity contribution in [1.82, 2.24) is 19.4 Å². The number of rotatable bonds is 3. The predicted octanol–water partition coefficient (Wildman–Crippen LogP) is 2.94. The molecule has 0 N–H and O–H groups in total. The SMILES string of the molecule is Cc1cnc(C2CC2)n1C1CCCN(C(=O)c2ccncc2)C1. The van der Waals surface area contributed by atoms with E-state index in [2.05, 4.69) is 21.5 Å². The van der Waals surface area contributed by atoms with Crippen molar-refractivity contribution in [2.45, 2.75) is 44.6 Å². The lowest BCUT2D eigenvalue weighted by atomic mass is 10.0. The minimum atomic E-state index is 0.114. The molecule has 23 heavy (non-hydrogen) atoms. The van der Waals surface area contributed by atoms with Crippen molar-refractivity contribution in [3.05, 3.63) is 47.8 Å². The number of piperidine rings is 1. The second kappa shape index (κ2) is 5.80. The average molecular weight is 310 g/mol.